The molecule has 0 aliphatic carbocycles. The maximum atomic E-state index is 6.40. The van der Waals surface area contributed by atoms with Gasteiger partial charge in [0.25, 0.3) is 0 Å². The summed E-state index contributed by atoms with van der Waals surface area (Å²) >= 11 is 0. The molecule has 0 fully saturated rings. The van der Waals surface area contributed by atoms with Crippen LogP contribution in [-0.2, 0) is 12.8 Å². The molecule has 0 bridgehead atoms. The molecule has 1 aromatic carbocycles. The average Bonchev–Trinajstić information content (AvgIpc) is 2.96. The molecule has 1 atom stereocenters. The van der Waals surface area contributed by atoms with Crippen molar-refractivity contribution in [2.75, 3.05) is 0 Å². The second-order valence-corrected chi connectivity index (χ2v) is 5.62. The van der Waals surface area contributed by atoms with Crippen LogP contribution in [0.3, 0.4) is 0 Å². The Morgan fingerprint density at radius 3 is 2.48 bits per heavy atom. The average molecular weight is 285 g/mol. The number of hydrogen-bond acceptors (Lipinski definition) is 2. The molecule has 3 heteroatoms. The molecular weight excluding hydrogens is 258 g/mol. The van der Waals surface area contributed by atoms with Crippen molar-refractivity contribution in [1.82, 2.24) is 9.78 Å². The van der Waals surface area contributed by atoms with Gasteiger partial charge in [0.2, 0.25) is 0 Å². The Hall–Kier alpha value is -1.61. The van der Waals surface area contributed by atoms with Gasteiger partial charge in [-0.25, -0.2) is 0 Å². The van der Waals surface area contributed by atoms with Crippen molar-refractivity contribution in [3.63, 3.8) is 0 Å². The van der Waals surface area contributed by atoms with Crippen LogP contribution in [0, 0.1) is 0 Å². The summed E-state index contributed by atoms with van der Waals surface area (Å²) in [6, 6.07) is 11.1. The first kappa shape index (κ1) is 15.8. The fourth-order valence-electron chi connectivity index (χ4n) is 2.91. The third-order valence-corrected chi connectivity index (χ3v) is 4.24. The van der Waals surface area contributed by atoms with Crippen molar-refractivity contribution >= 4 is 0 Å². The zero-order chi connectivity index (χ0) is 15.2. The number of nitrogens with two attached hydrogens (primary N) is 1. The van der Waals surface area contributed by atoms with Gasteiger partial charge < -0.3 is 5.73 Å². The Labute approximate surface area is 128 Å². The van der Waals surface area contributed by atoms with E-state index in [0.717, 1.165) is 31.4 Å². The Morgan fingerprint density at radius 2 is 1.81 bits per heavy atom. The third-order valence-electron chi connectivity index (χ3n) is 4.24. The number of rotatable bonds is 7. The molecule has 3 nitrogen and oxygen atoms in total. The van der Waals surface area contributed by atoms with Crippen molar-refractivity contribution < 1.29 is 0 Å². The third kappa shape index (κ3) is 3.73. The molecule has 2 aromatic rings. The van der Waals surface area contributed by atoms with Gasteiger partial charge in [-0.1, -0.05) is 45.0 Å². The lowest BCUT2D eigenvalue weighted by atomic mass is 9.96. The van der Waals surface area contributed by atoms with Crippen molar-refractivity contribution in [3.8, 4) is 0 Å². The summed E-state index contributed by atoms with van der Waals surface area (Å²) in [5, 5.41) is 4.71. The number of aryl methyl sites for hydroxylation is 1. The van der Waals surface area contributed by atoms with Crippen LogP contribution in [0.1, 0.15) is 62.5 Å². The van der Waals surface area contributed by atoms with Gasteiger partial charge in [-0.2, -0.15) is 5.10 Å². The summed E-state index contributed by atoms with van der Waals surface area (Å²) in [5.74, 6) is 0. The van der Waals surface area contributed by atoms with Gasteiger partial charge in [0.05, 0.1) is 11.7 Å². The summed E-state index contributed by atoms with van der Waals surface area (Å²) in [7, 11) is 0. The molecule has 0 spiro atoms. The molecule has 1 unspecified atom stereocenters. The van der Waals surface area contributed by atoms with Crippen molar-refractivity contribution in [3.05, 3.63) is 53.3 Å². The van der Waals surface area contributed by atoms with Gasteiger partial charge in [-0.15, -0.1) is 0 Å². The molecule has 2 rings (SSSR count). The van der Waals surface area contributed by atoms with Crippen molar-refractivity contribution in [1.29, 1.82) is 0 Å². The van der Waals surface area contributed by atoms with E-state index in [1.165, 1.54) is 11.1 Å². The van der Waals surface area contributed by atoms with Gasteiger partial charge in [-0.05, 0) is 36.5 Å². The zero-order valence-electron chi connectivity index (χ0n) is 13.4. The van der Waals surface area contributed by atoms with E-state index in [-0.39, 0.29) is 6.04 Å². The van der Waals surface area contributed by atoms with Crippen LogP contribution in [0.4, 0.5) is 0 Å². The SMILES string of the molecule is CCc1ccccc1C(N)Cc1ccn(C(CC)CC)n1. The number of nitrogens with zero attached hydrogens (tertiary/aromatic N) is 2. The van der Waals surface area contributed by atoms with E-state index >= 15 is 0 Å². The summed E-state index contributed by atoms with van der Waals surface area (Å²) < 4.78 is 2.09. The van der Waals surface area contributed by atoms with E-state index in [1.807, 2.05) is 0 Å². The summed E-state index contributed by atoms with van der Waals surface area (Å²) in [6.45, 7) is 6.59. The molecule has 0 aliphatic rings. The number of benzene rings is 1. The minimum Gasteiger partial charge on any atom is -0.324 e. The van der Waals surface area contributed by atoms with Gasteiger partial charge in [0.1, 0.15) is 0 Å². The molecule has 1 heterocycles. The van der Waals surface area contributed by atoms with Crippen LogP contribution in [-0.4, -0.2) is 9.78 Å². The Balaban J connectivity index is 2.11. The minimum atomic E-state index is 0.0196. The van der Waals surface area contributed by atoms with E-state index in [2.05, 4.69) is 62.0 Å². The standard InChI is InChI=1S/C18H27N3/c1-4-14-9-7-8-10-17(14)18(19)13-15-11-12-21(20-15)16(5-2)6-3/h7-12,16,18H,4-6,13,19H2,1-3H3. The number of aromatic nitrogens is 2. The second kappa shape index (κ2) is 7.41. The first-order valence-corrected chi connectivity index (χ1v) is 8.06. The molecule has 0 saturated carbocycles. The van der Waals surface area contributed by atoms with Crippen molar-refractivity contribution in [2.45, 2.75) is 58.5 Å². The van der Waals surface area contributed by atoms with Gasteiger partial charge in [0, 0.05) is 18.7 Å². The van der Waals surface area contributed by atoms with E-state index in [9.17, 15) is 0 Å². The monoisotopic (exact) mass is 285 g/mol. The Kier molecular flexibility index (Phi) is 5.57. The Bertz CT molecular complexity index is 555. The van der Waals surface area contributed by atoms with Gasteiger partial charge in [-0.3, -0.25) is 4.68 Å². The lowest BCUT2D eigenvalue weighted by Gasteiger charge is -2.15. The molecule has 0 amide bonds. The summed E-state index contributed by atoms with van der Waals surface area (Å²) in [4.78, 5) is 0. The molecule has 2 N–H and O–H groups in total. The van der Waals surface area contributed by atoms with Crippen LogP contribution in [0.5, 0.6) is 0 Å². The molecule has 0 radical (unpaired) electrons. The highest BCUT2D eigenvalue weighted by molar-refractivity contribution is 5.30. The van der Waals surface area contributed by atoms with Crippen LogP contribution >= 0.6 is 0 Å². The molecule has 114 valence electrons. The van der Waals surface area contributed by atoms with Crippen molar-refractivity contribution in [2.24, 2.45) is 5.73 Å². The maximum absolute atomic E-state index is 6.40. The summed E-state index contributed by atoms with van der Waals surface area (Å²) in [5.41, 5.74) is 10.1. The first-order valence-electron chi connectivity index (χ1n) is 8.06. The zero-order valence-corrected chi connectivity index (χ0v) is 13.4. The molecular formula is C18H27N3. The van der Waals surface area contributed by atoms with Crippen LogP contribution < -0.4 is 5.73 Å². The smallest absolute Gasteiger partial charge is 0.0643 e. The fourth-order valence-corrected chi connectivity index (χ4v) is 2.91. The van der Waals surface area contributed by atoms with E-state index in [1.54, 1.807) is 0 Å². The lowest BCUT2D eigenvalue weighted by molar-refractivity contribution is 0.424. The molecule has 1 aromatic heterocycles. The molecule has 0 saturated heterocycles. The second-order valence-electron chi connectivity index (χ2n) is 5.62. The molecule has 0 aliphatic heterocycles. The van der Waals surface area contributed by atoms with Crippen LogP contribution in [0.25, 0.3) is 0 Å². The van der Waals surface area contributed by atoms with Gasteiger partial charge >= 0.3 is 0 Å². The molecule has 21 heavy (non-hydrogen) atoms. The van der Waals surface area contributed by atoms with Gasteiger partial charge in [0.15, 0.2) is 0 Å². The van der Waals surface area contributed by atoms with E-state index < -0.39 is 0 Å². The fraction of sp³-hybridized carbons (Fsp3) is 0.500. The lowest BCUT2D eigenvalue weighted by Crippen LogP contribution is -2.16. The predicted molar refractivity (Wildman–Crippen MR) is 88.3 cm³/mol. The normalized spacial score (nSPS) is 12.8. The predicted octanol–water partition coefficient (Wildman–Crippen LogP) is 4.05. The van der Waals surface area contributed by atoms with Crippen LogP contribution in [0.2, 0.25) is 0 Å². The maximum Gasteiger partial charge on any atom is 0.0643 e. The minimum absolute atomic E-state index is 0.0196. The van der Waals surface area contributed by atoms with E-state index in [0.29, 0.717) is 6.04 Å². The highest BCUT2D eigenvalue weighted by Crippen LogP contribution is 2.21. The van der Waals surface area contributed by atoms with E-state index in [4.69, 9.17) is 10.8 Å². The topological polar surface area (TPSA) is 43.8 Å². The quantitative estimate of drug-likeness (QED) is 0.834. The highest BCUT2D eigenvalue weighted by Gasteiger charge is 2.13. The highest BCUT2D eigenvalue weighted by atomic mass is 15.3. The van der Waals surface area contributed by atoms with Crippen LogP contribution in [0.15, 0.2) is 36.5 Å². The Morgan fingerprint density at radius 1 is 1.10 bits per heavy atom. The summed E-state index contributed by atoms with van der Waals surface area (Å²) in [6.07, 6.45) is 6.13. The largest absolute Gasteiger partial charge is 0.324 e. The number of hydrogen-bond donors (Lipinski definition) is 1. The first-order chi connectivity index (χ1) is 10.2.